The highest BCUT2D eigenvalue weighted by Crippen LogP contribution is 2.15. The summed E-state index contributed by atoms with van der Waals surface area (Å²) in [4.78, 5) is 36.0. The lowest BCUT2D eigenvalue weighted by atomic mass is 10.1. The Balaban J connectivity index is 2.71. The highest BCUT2D eigenvalue weighted by molar-refractivity contribution is 6.00. The summed E-state index contributed by atoms with van der Waals surface area (Å²) in [5, 5.41) is 13.2. The molecule has 0 saturated heterocycles. The molecule has 1 aromatic rings. The van der Waals surface area contributed by atoms with Crippen molar-refractivity contribution >= 4 is 29.7 Å². The molecule has 0 aliphatic carbocycles. The number of amides is 3. The Labute approximate surface area is 139 Å². The predicted octanol–water partition coefficient (Wildman–Crippen LogP) is 0.658. The van der Waals surface area contributed by atoms with Crippen LogP contribution in [-0.4, -0.2) is 45.7 Å². The van der Waals surface area contributed by atoms with Crippen LogP contribution in [0.4, 0.5) is 10.5 Å². The fourth-order valence-corrected chi connectivity index (χ4v) is 1.61. The molecule has 0 bridgehead atoms. The number of hydrogen-bond acceptors (Lipinski definition) is 6. The summed E-state index contributed by atoms with van der Waals surface area (Å²) >= 11 is 0. The van der Waals surface area contributed by atoms with Gasteiger partial charge in [0, 0.05) is 26.8 Å². The molecular formula is C16H18N4O4. The number of anilines is 1. The van der Waals surface area contributed by atoms with E-state index in [9.17, 15) is 14.4 Å². The van der Waals surface area contributed by atoms with Gasteiger partial charge >= 0.3 is 12.0 Å². The summed E-state index contributed by atoms with van der Waals surface area (Å²) in [6.45, 7) is -0.662. The van der Waals surface area contributed by atoms with E-state index < -0.39 is 24.5 Å². The van der Waals surface area contributed by atoms with E-state index in [0.29, 0.717) is 5.56 Å². The third-order valence-corrected chi connectivity index (χ3v) is 2.88. The Morgan fingerprint density at radius 1 is 1.25 bits per heavy atom. The fraction of sp³-hybridized carbons (Fsp3) is 0.250. The van der Waals surface area contributed by atoms with Gasteiger partial charge in [-0.1, -0.05) is 12.1 Å². The molecule has 0 aromatic heterocycles. The quantitative estimate of drug-likeness (QED) is 0.466. The zero-order valence-corrected chi connectivity index (χ0v) is 13.6. The SMILES string of the molecule is CNC(=O)NC(=O)COC(=O)C(C#N)=Cc1ccc(N(C)C)cc1. The van der Waals surface area contributed by atoms with Crippen LogP contribution in [0.5, 0.6) is 0 Å². The lowest BCUT2D eigenvalue weighted by Gasteiger charge is -2.11. The number of carbonyl (C=O) groups is 3. The second-order valence-electron chi connectivity index (χ2n) is 4.86. The Bertz CT molecular complexity index is 687. The van der Waals surface area contributed by atoms with Crippen molar-refractivity contribution in [2.24, 2.45) is 0 Å². The second-order valence-corrected chi connectivity index (χ2v) is 4.86. The summed E-state index contributed by atoms with van der Waals surface area (Å²) in [5.41, 5.74) is 1.36. The van der Waals surface area contributed by atoms with Crippen molar-refractivity contribution in [2.45, 2.75) is 0 Å². The van der Waals surface area contributed by atoms with Crippen molar-refractivity contribution in [1.82, 2.24) is 10.6 Å². The first kappa shape index (κ1) is 18.7. The molecule has 0 atom stereocenters. The van der Waals surface area contributed by atoms with Crippen LogP contribution < -0.4 is 15.5 Å². The minimum absolute atomic E-state index is 0.250. The Morgan fingerprint density at radius 2 is 1.88 bits per heavy atom. The Hall–Kier alpha value is -3.34. The number of nitriles is 1. The Morgan fingerprint density at radius 3 is 2.38 bits per heavy atom. The van der Waals surface area contributed by atoms with Crippen LogP contribution in [-0.2, 0) is 14.3 Å². The summed E-state index contributed by atoms with van der Waals surface area (Å²) < 4.78 is 4.71. The van der Waals surface area contributed by atoms with E-state index >= 15 is 0 Å². The van der Waals surface area contributed by atoms with Crippen LogP contribution >= 0.6 is 0 Å². The van der Waals surface area contributed by atoms with E-state index in [2.05, 4.69) is 5.32 Å². The predicted molar refractivity (Wildman–Crippen MR) is 87.9 cm³/mol. The second kappa shape index (κ2) is 8.95. The highest BCUT2D eigenvalue weighted by atomic mass is 16.5. The van der Waals surface area contributed by atoms with Gasteiger partial charge in [-0.05, 0) is 23.8 Å². The molecule has 0 radical (unpaired) electrons. The topological polar surface area (TPSA) is 112 Å². The molecular weight excluding hydrogens is 312 g/mol. The number of rotatable bonds is 5. The van der Waals surface area contributed by atoms with Crippen molar-refractivity contribution in [3.05, 3.63) is 35.4 Å². The van der Waals surface area contributed by atoms with Gasteiger partial charge in [0.25, 0.3) is 5.91 Å². The average Bonchev–Trinajstić information content (AvgIpc) is 2.57. The normalized spacial score (nSPS) is 10.3. The van der Waals surface area contributed by atoms with E-state index in [1.807, 2.05) is 36.4 Å². The van der Waals surface area contributed by atoms with Gasteiger partial charge < -0.3 is 15.0 Å². The molecule has 0 aliphatic rings. The van der Waals surface area contributed by atoms with Crippen molar-refractivity contribution in [2.75, 3.05) is 32.6 Å². The molecule has 8 nitrogen and oxygen atoms in total. The van der Waals surface area contributed by atoms with Crippen LogP contribution in [0.2, 0.25) is 0 Å². The molecule has 24 heavy (non-hydrogen) atoms. The van der Waals surface area contributed by atoms with Gasteiger partial charge in [0.1, 0.15) is 11.6 Å². The number of hydrogen-bond donors (Lipinski definition) is 2. The number of carbonyl (C=O) groups excluding carboxylic acids is 3. The van der Waals surface area contributed by atoms with Crippen LogP contribution in [0.1, 0.15) is 5.56 Å². The maximum absolute atomic E-state index is 11.8. The molecule has 0 heterocycles. The molecule has 1 aromatic carbocycles. The zero-order valence-electron chi connectivity index (χ0n) is 13.6. The van der Waals surface area contributed by atoms with Crippen molar-refractivity contribution in [3.63, 3.8) is 0 Å². The largest absolute Gasteiger partial charge is 0.451 e. The minimum atomic E-state index is -0.943. The molecule has 126 valence electrons. The van der Waals surface area contributed by atoms with Crippen LogP contribution in [0.25, 0.3) is 6.08 Å². The third kappa shape index (κ3) is 5.81. The zero-order chi connectivity index (χ0) is 18.1. The van der Waals surface area contributed by atoms with Crippen molar-refractivity contribution in [3.8, 4) is 6.07 Å². The molecule has 8 heteroatoms. The lowest BCUT2D eigenvalue weighted by Crippen LogP contribution is -2.39. The van der Waals surface area contributed by atoms with Gasteiger partial charge in [0.2, 0.25) is 0 Å². The third-order valence-electron chi connectivity index (χ3n) is 2.88. The molecule has 0 unspecified atom stereocenters. The number of imide groups is 1. The molecule has 0 aliphatic heterocycles. The lowest BCUT2D eigenvalue weighted by molar-refractivity contribution is -0.144. The molecule has 0 spiro atoms. The summed E-state index contributed by atoms with van der Waals surface area (Å²) in [6, 6.07) is 8.18. The molecule has 0 saturated carbocycles. The first-order chi connectivity index (χ1) is 11.4. The smallest absolute Gasteiger partial charge is 0.349 e. The van der Waals surface area contributed by atoms with Crippen LogP contribution in [0.15, 0.2) is 29.8 Å². The molecule has 3 amide bonds. The fourth-order valence-electron chi connectivity index (χ4n) is 1.61. The standard InChI is InChI=1S/C16H18N4O4/c1-18-16(23)19-14(21)10-24-15(22)12(9-17)8-11-4-6-13(7-5-11)20(2)3/h4-8H,10H2,1-3H3,(H2,18,19,21,23). The van der Waals surface area contributed by atoms with Crippen LogP contribution in [0, 0.1) is 11.3 Å². The van der Waals surface area contributed by atoms with Gasteiger partial charge in [-0.3, -0.25) is 10.1 Å². The van der Waals surface area contributed by atoms with E-state index in [0.717, 1.165) is 5.69 Å². The van der Waals surface area contributed by atoms with Gasteiger partial charge in [-0.25, -0.2) is 9.59 Å². The maximum atomic E-state index is 11.8. The van der Waals surface area contributed by atoms with Crippen LogP contribution in [0.3, 0.4) is 0 Å². The first-order valence-electron chi connectivity index (χ1n) is 6.95. The number of nitrogens with zero attached hydrogens (tertiary/aromatic N) is 2. The van der Waals surface area contributed by atoms with Gasteiger partial charge in [0.05, 0.1) is 0 Å². The highest BCUT2D eigenvalue weighted by Gasteiger charge is 2.14. The molecule has 1 rings (SSSR count). The molecule has 0 fully saturated rings. The van der Waals surface area contributed by atoms with E-state index in [1.54, 1.807) is 18.2 Å². The summed E-state index contributed by atoms with van der Waals surface area (Å²) in [6.07, 6.45) is 1.36. The van der Waals surface area contributed by atoms with Gasteiger partial charge in [-0.2, -0.15) is 5.26 Å². The van der Waals surface area contributed by atoms with E-state index in [4.69, 9.17) is 10.00 Å². The summed E-state index contributed by atoms with van der Waals surface area (Å²) in [7, 11) is 5.13. The minimum Gasteiger partial charge on any atom is -0.451 e. The monoisotopic (exact) mass is 330 g/mol. The van der Waals surface area contributed by atoms with Gasteiger partial charge in [-0.15, -0.1) is 0 Å². The first-order valence-corrected chi connectivity index (χ1v) is 6.95. The Kier molecular flexibility index (Phi) is 6.97. The number of esters is 1. The number of ether oxygens (including phenoxy) is 1. The van der Waals surface area contributed by atoms with Crippen molar-refractivity contribution < 1.29 is 19.1 Å². The van der Waals surface area contributed by atoms with Gasteiger partial charge in [0.15, 0.2) is 6.61 Å². The maximum Gasteiger partial charge on any atom is 0.349 e. The van der Waals surface area contributed by atoms with E-state index in [-0.39, 0.29) is 5.57 Å². The number of urea groups is 1. The van der Waals surface area contributed by atoms with Crippen molar-refractivity contribution in [1.29, 1.82) is 5.26 Å². The number of benzene rings is 1. The van der Waals surface area contributed by atoms with E-state index in [1.165, 1.54) is 13.1 Å². The average molecular weight is 330 g/mol. The molecule has 2 N–H and O–H groups in total. The number of nitrogens with one attached hydrogen (secondary N) is 2. The summed E-state index contributed by atoms with van der Waals surface area (Å²) in [5.74, 6) is -1.74.